The van der Waals surface area contributed by atoms with E-state index in [9.17, 15) is 0 Å². The first kappa shape index (κ1) is 21.6. The molecular weight excluding hydrogens is 576 g/mol. The second kappa shape index (κ2) is 9.59. The Labute approximate surface area is 191 Å². The summed E-state index contributed by atoms with van der Waals surface area (Å²) in [5, 5.41) is 1.86. The molecule has 0 aliphatic rings. The second-order valence-electron chi connectivity index (χ2n) is 5.96. The van der Waals surface area contributed by atoms with E-state index in [1.165, 1.54) is 0 Å². The first-order valence-electron chi connectivity index (χ1n) is 8.62. The van der Waals surface area contributed by atoms with Gasteiger partial charge in [0.15, 0.2) is 0 Å². The van der Waals surface area contributed by atoms with Crippen molar-refractivity contribution in [2.24, 2.45) is 0 Å². The molecule has 0 aromatic carbocycles. The van der Waals surface area contributed by atoms with Gasteiger partial charge < -0.3 is 32.3 Å². The SMILES string of the molecule is [Cl-].[Ir+3].[c-]1ccnc2cnc3cccnc3c12.[c-]1ccnc2cnc3cccnc3c12. The Balaban J connectivity index is 0.000000160. The zero-order chi connectivity index (χ0) is 18.8. The van der Waals surface area contributed by atoms with Crippen LogP contribution in [0, 0.1) is 12.1 Å². The molecule has 0 saturated carbocycles. The van der Waals surface area contributed by atoms with Gasteiger partial charge in [-0.1, -0.05) is 23.2 Å². The molecule has 0 radical (unpaired) electrons. The summed E-state index contributed by atoms with van der Waals surface area (Å²) < 4.78 is 0. The smallest absolute Gasteiger partial charge is 1.00 e. The summed E-state index contributed by atoms with van der Waals surface area (Å²) >= 11 is 0. The first-order valence-corrected chi connectivity index (χ1v) is 8.62. The summed E-state index contributed by atoms with van der Waals surface area (Å²) in [5.41, 5.74) is 5.14. The van der Waals surface area contributed by atoms with Crippen LogP contribution in [0.5, 0.6) is 0 Å². The Bertz CT molecular complexity index is 1220. The third-order valence-electron chi connectivity index (χ3n) is 4.24. The van der Waals surface area contributed by atoms with Crippen LogP contribution in [-0.4, -0.2) is 29.9 Å². The van der Waals surface area contributed by atoms with Gasteiger partial charge in [0.2, 0.25) is 0 Å². The molecule has 0 N–H and O–H groups in total. The third kappa shape index (κ3) is 4.09. The number of halogens is 1. The van der Waals surface area contributed by atoms with Crippen LogP contribution in [0.4, 0.5) is 0 Å². The zero-order valence-electron chi connectivity index (χ0n) is 15.3. The Morgan fingerprint density at radius 2 is 1.00 bits per heavy atom. The number of hydrogen-bond acceptors (Lipinski definition) is 6. The van der Waals surface area contributed by atoms with E-state index in [-0.39, 0.29) is 32.5 Å². The van der Waals surface area contributed by atoms with Crippen LogP contribution in [0.2, 0.25) is 0 Å². The molecule has 0 spiro atoms. The molecular formula is C22H12ClIrN6. The molecule has 8 heteroatoms. The summed E-state index contributed by atoms with van der Waals surface area (Å²) in [6.07, 6.45) is 10.4. The fraction of sp³-hybridized carbons (Fsp3) is 0. The summed E-state index contributed by atoms with van der Waals surface area (Å²) in [6.45, 7) is 0. The van der Waals surface area contributed by atoms with Gasteiger partial charge in [-0.25, -0.2) is 0 Å². The van der Waals surface area contributed by atoms with Crippen molar-refractivity contribution in [3.63, 3.8) is 0 Å². The van der Waals surface area contributed by atoms with E-state index in [1.54, 1.807) is 49.3 Å². The van der Waals surface area contributed by atoms with Crippen LogP contribution in [0.3, 0.4) is 0 Å². The van der Waals surface area contributed by atoms with E-state index in [4.69, 9.17) is 0 Å². The zero-order valence-corrected chi connectivity index (χ0v) is 18.5. The molecule has 6 heterocycles. The van der Waals surface area contributed by atoms with Gasteiger partial charge in [-0.15, -0.1) is 24.3 Å². The Hall–Kier alpha value is -3.12. The molecule has 6 aromatic heterocycles. The molecule has 0 amide bonds. The van der Waals surface area contributed by atoms with Gasteiger partial charge in [-0.3, -0.25) is 9.97 Å². The van der Waals surface area contributed by atoms with E-state index in [1.807, 2.05) is 24.3 Å². The minimum absolute atomic E-state index is 0. The molecule has 146 valence electrons. The van der Waals surface area contributed by atoms with E-state index < -0.39 is 0 Å². The van der Waals surface area contributed by atoms with Crippen molar-refractivity contribution in [2.45, 2.75) is 0 Å². The largest absolute Gasteiger partial charge is 3.00 e. The van der Waals surface area contributed by atoms with Crippen LogP contribution in [-0.2, 0) is 20.1 Å². The number of fused-ring (bicyclic) bond motifs is 6. The summed E-state index contributed by atoms with van der Waals surface area (Å²) in [6, 6.07) is 17.4. The normalized spacial score (nSPS) is 10.1. The van der Waals surface area contributed by atoms with E-state index >= 15 is 0 Å². The van der Waals surface area contributed by atoms with Gasteiger partial charge >= 0.3 is 20.1 Å². The van der Waals surface area contributed by atoms with E-state index in [0.29, 0.717) is 0 Å². The van der Waals surface area contributed by atoms with Crippen molar-refractivity contribution in [1.82, 2.24) is 29.9 Å². The minimum atomic E-state index is 0. The molecule has 6 rings (SSSR count). The molecule has 30 heavy (non-hydrogen) atoms. The van der Waals surface area contributed by atoms with Crippen molar-refractivity contribution >= 4 is 43.9 Å². The van der Waals surface area contributed by atoms with Crippen LogP contribution in [0.15, 0.2) is 73.6 Å². The van der Waals surface area contributed by atoms with Crippen molar-refractivity contribution < 1.29 is 32.5 Å². The number of pyridine rings is 6. The van der Waals surface area contributed by atoms with Crippen LogP contribution >= 0.6 is 0 Å². The maximum Gasteiger partial charge on any atom is 3.00 e. The van der Waals surface area contributed by atoms with Crippen molar-refractivity contribution in [2.75, 3.05) is 0 Å². The standard InChI is InChI=1S/2C11H6N3.ClH.Ir/c2*1-3-8-10(12-5-1)7-14-9-4-2-6-13-11(8)9;;/h2*1-2,4-7H;1H;/q2*-1;;+3/p-1. The average molecular weight is 588 g/mol. The van der Waals surface area contributed by atoms with Crippen LogP contribution in [0.1, 0.15) is 0 Å². The monoisotopic (exact) mass is 588 g/mol. The maximum absolute atomic E-state index is 4.28. The molecule has 0 saturated heterocycles. The fourth-order valence-corrected chi connectivity index (χ4v) is 2.98. The van der Waals surface area contributed by atoms with Gasteiger partial charge in [-0.2, -0.15) is 0 Å². The second-order valence-corrected chi connectivity index (χ2v) is 5.96. The van der Waals surface area contributed by atoms with Crippen molar-refractivity contribution in [3.05, 3.63) is 85.7 Å². The molecule has 6 nitrogen and oxygen atoms in total. The Morgan fingerprint density at radius 3 is 1.47 bits per heavy atom. The summed E-state index contributed by atoms with van der Waals surface area (Å²) in [4.78, 5) is 25.5. The number of nitrogens with zero attached hydrogens (tertiary/aromatic N) is 6. The predicted octanol–water partition coefficient (Wildman–Crippen LogP) is 0.958. The molecule has 0 bridgehead atoms. The molecule has 0 unspecified atom stereocenters. The minimum Gasteiger partial charge on any atom is -1.00 e. The van der Waals surface area contributed by atoms with Gasteiger partial charge in [0.1, 0.15) is 0 Å². The van der Waals surface area contributed by atoms with Crippen LogP contribution < -0.4 is 12.4 Å². The number of aromatic nitrogens is 6. The molecule has 0 fully saturated rings. The van der Waals surface area contributed by atoms with Gasteiger partial charge in [-0.05, 0) is 35.3 Å². The van der Waals surface area contributed by atoms with Gasteiger partial charge in [0.05, 0.1) is 0 Å². The van der Waals surface area contributed by atoms with Crippen molar-refractivity contribution in [3.8, 4) is 0 Å². The topological polar surface area (TPSA) is 77.3 Å². The molecule has 0 aliphatic heterocycles. The average Bonchev–Trinajstić information content (AvgIpc) is 2.79. The molecule has 0 aliphatic carbocycles. The summed E-state index contributed by atoms with van der Waals surface area (Å²) in [7, 11) is 0. The molecule has 6 aromatic rings. The third-order valence-corrected chi connectivity index (χ3v) is 4.24. The Morgan fingerprint density at radius 1 is 0.533 bits per heavy atom. The predicted molar refractivity (Wildman–Crippen MR) is 107 cm³/mol. The maximum atomic E-state index is 4.28. The number of rotatable bonds is 0. The van der Waals surface area contributed by atoms with E-state index in [0.717, 1.165) is 43.9 Å². The first-order chi connectivity index (χ1) is 13.9. The Kier molecular flexibility index (Phi) is 6.90. The van der Waals surface area contributed by atoms with E-state index in [2.05, 4.69) is 42.0 Å². The van der Waals surface area contributed by atoms with Gasteiger partial charge in [0.25, 0.3) is 0 Å². The van der Waals surface area contributed by atoms with Gasteiger partial charge in [0, 0.05) is 46.9 Å². The summed E-state index contributed by atoms with van der Waals surface area (Å²) in [5.74, 6) is 0. The molecule has 0 atom stereocenters. The quantitative estimate of drug-likeness (QED) is 0.195. The fourth-order valence-electron chi connectivity index (χ4n) is 2.98. The van der Waals surface area contributed by atoms with Crippen molar-refractivity contribution in [1.29, 1.82) is 0 Å². The number of hydrogen-bond donors (Lipinski definition) is 0. The van der Waals surface area contributed by atoms with Crippen LogP contribution in [0.25, 0.3) is 43.9 Å².